The van der Waals surface area contributed by atoms with Crippen molar-refractivity contribution >= 4 is 15.9 Å². The summed E-state index contributed by atoms with van der Waals surface area (Å²) in [5, 5.41) is 0. The molecule has 0 spiro atoms. The van der Waals surface area contributed by atoms with E-state index in [0.29, 0.717) is 12.3 Å². The second-order valence-corrected chi connectivity index (χ2v) is 6.04. The third-order valence-corrected chi connectivity index (χ3v) is 3.94. The highest BCUT2D eigenvalue weighted by atomic mass is 79.9. The van der Waals surface area contributed by atoms with E-state index in [2.05, 4.69) is 22.9 Å². The van der Waals surface area contributed by atoms with E-state index in [1.807, 2.05) is 12.1 Å². The average Bonchev–Trinajstić information content (AvgIpc) is 2.52. The van der Waals surface area contributed by atoms with Crippen molar-refractivity contribution < 1.29 is 4.39 Å². The predicted molar refractivity (Wildman–Crippen MR) is 67.7 cm³/mol. The SMILES string of the molecule is CC1CCC(N)(Cc2ccc(Br)cc2F)C1. The lowest BCUT2D eigenvalue weighted by Crippen LogP contribution is -2.39. The third-order valence-electron chi connectivity index (χ3n) is 3.45. The Kier molecular flexibility index (Phi) is 3.36. The number of benzene rings is 1. The second kappa shape index (κ2) is 4.46. The summed E-state index contributed by atoms with van der Waals surface area (Å²) in [7, 11) is 0. The van der Waals surface area contributed by atoms with Gasteiger partial charge >= 0.3 is 0 Å². The summed E-state index contributed by atoms with van der Waals surface area (Å²) < 4.78 is 14.5. The summed E-state index contributed by atoms with van der Waals surface area (Å²) in [6.07, 6.45) is 3.82. The van der Waals surface area contributed by atoms with Gasteiger partial charge in [0.05, 0.1) is 0 Å². The maximum Gasteiger partial charge on any atom is 0.127 e. The molecule has 1 fully saturated rings. The van der Waals surface area contributed by atoms with Crippen LogP contribution in [-0.2, 0) is 6.42 Å². The average molecular weight is 286 g/mol. The van der Waals surface area contributed by atoms with E-state index in [-0.39, 0.29) is 11.4 Å². The first-order valence-corrected chi connectivity index (χ1v) is 6.51. The Labute approximate surface area is 104 Å². The highest BCUT2D eigenvalue weighted by Crippen LogP contribution is 2.35. The number of hydrogen-bond acceptors (Lipinski definition) is 1. The molecule has 88 valence electrons. The van der Waals surface area contributed by atoms with Crippen LogP contribution < -0.4 is 5.73 Å². The van der Waals surface area contributed by atoms with Gasteiger partial charge < -0.3 is 5.73 Å². The Balaban J connectivity index is 2.14. The quantitative estimate of drug-likeness (QED) is 0.882. The van der Waals surface area contributed by atoms with Crippen LogP contribution in [0.5, 0.6) is 0 Å². The van der Waals surface area contributed by atoms with Crippen LogP contribution in [0.1, 0.15) is 31.7 Å². The molecule has 0 saturated heterocycles. The fraction of sp³-hybridized carbons (Fsp3) is 0.538. The van der Waals surface area contributed by atoms with Crippen molar-refractivity contribution in [2.75, 3.05) is 0 Å². The zero-order chi connectivity index (χ0) is 11.8. The fourth-order valence-electron chi connectivity index (χ4n) is 2.64. The van der Waals surface area contributed by atoms with Gasteiger partial charge in [-0.15, -0.1) is 0 Å². The molecule has 1 nitrogen and oxygen atoms in total. The van der Waals surface area contributed by atoms with Gasteiger partial charge in [0.25, 0.3) is 0 Å². The highest BCUT2D eigenvalue weighted by Gasteiger charge is 2.34. The van der Waals surface area contributed by atoms with Crippen LogP contribution in [0.15, 0.2) is 22.7 Å². The molecule has 1 saturated carbocycles. The molecule has 1 aromatic rings. The Morgan fingerprint density at radius 1 is 1.56 bits per heavy atom. The molecule has 3 heteroatoms. The fourth-order valence-corrected chi connectivity index (χ4v) is 2.97. The van der Waals surface area contributed by atoms with Gasteiger partial charge in [-0.2, -0.15) is 0 Å². The van der Waals surface area contributed by atoms with E-state index in [1.165, 1.54) is 6.07 Å². The molecular weight excluding hydrogens is 269 g/mol. The lowest BCUT2D eigenvalue weighted by molar-refractivity contribution is 0.411. The van der Waals surface area contributed by atoms with Crippen molar-refractivity contribution in [1.29, 1.82) is 0 Å². The maximum atomic E-state index is 13.7. The Morgan fingerprint density at radius 3 is 2.88 bits per heavy atom. The van der Waals surface area contributed by atoms with Crippen LogP contribution in [0.3, 0.4) is 0 Å². The molecule has 2 rings (SSSR count). The first-order valence-electron chi connectivity index (χ1n) is 5.71. The van der Waals surface area contributed by atoms with E-state index in [0.717, 1.165) is 29.3 Å². The van der Waals surface area contributed by atoms with Crippen LogP contribution in [-0.4, -0.2) is 5.54 Å². The second-order valence-electron chi connectivity index (χ2n) is 5.12. The lowest BCUT2D eigenvalue weighted by Gasteiger charge is -2.24. The normalized spacial score (nSPS) is 29.6. The number of halogens is 2. The molecule has 0 aliphatic heterocycles. The van der Waals surface area contributed by atoms with E-state index >= 15 is 0 Å². The van der Waals surface area contributed by atoms with Gasteiger partial charge in [0, 0.05) is 10.0 Å². The predicted octanol–water partition coefficient (Wildman–Crippen LogP) is 3.65. The smallest absolute Gasteiger partial charge is 0.127 e. The first-order chi connectivity index (χ1) is 7.48. The molecule has 2 N–H and O–H groups in total. The molecule has 0 amide bonds. The minimum Gasteiger partial charge on any atom is -0.325 e. The summed E-state index contributed by atoms with van der Waals surface area (Å²) in [6, 6.07) is 5.22. The standard InChI is InChI=1S/C13H17BrFN/c1-9-4-5-13(16,7-9)8-10-2-3-11(14)6-12(10)15/h2-3,6,9H,4-5,7-8,16H2,1H3. The van der Waals surface area contributed by atoms with Gasteiger partial charge in [0.15, 0.2) is 0 Å². The summed E-state index contributed by atoms with van der Waals surface area (Å²) >= 11 is 3.26. The van der Waals surface area contributed by atoms with Gasteiger partial charge in [0.1, 0.15) is 5.82 Å². The molecule has 2 atom stereocenters. The number of rotatable bonds is 2. The van der Waals surface area contributed by atoms with Crippen molar-refractivity contribution in [2.45, 2.75) is 38.1 Å². The molecular formula is C13H17BrFN. The molecule has 16 heavy (non-hydrogen) atoms. The van der Waals surface area contributed by atoms with Crippen LogP contribution in [0.4, 0.5) is 4.39 Å². The van der Waals surface area contributed by atoms with E-state index in [4.69, 9.17) is 5.73 Å². The van der Waals surface area contributed by atoms with Gasteiger partial charge in [-0.05, 0) is 49.3 Å². The zero-order valence-electron chi connectivity index (χ0n) is 9.47. The minimum atomic E-state index is -0.200. The van der Waals surface area contributed by atoms with Crippen LogP contribution in [0, 0.1) is 11.7 Å². The Morgan fingerprint density at radius 2 is 2.31 bits per heavy atom. The number of nitrogens with two attached hydrogens (primary N) is 1. The number of hydrogen-bond donors (Lipinski definition) is 1. The van der Waals surface area contributed by atoms with Crippen molar-refractivity contribution in [3.05, 3.63) is 34.1 Å². The van der Waals surface area contributed by atoms with Crippen molar-refractivity contribution in [3.8, 4) is 0 Å². The van der Waals surface area contributed by atoms with E-state index < -0.39 is 0 Å². The van der Waals surface area contributed by atoms with Crippen LogP contribution >= 0.6 is 15.9 Å². The largest absolute Gasteiger partial charge is 0.325 e. The van der Waals surface area contributed by atoms with Crippen LogP contribution in [0.25, 0.3) is 0 Å². The van der Waals surface area contributed by atoms with Crippen molar-refractivity contribution in [3.63, 3.8) is 0 Å². The molecule has 0 aromatic heterocycles. The molecule has 1 aliphatic rings. The first kappa shape index (κ1) is 12.1. The summed E-state index contributed by atoms with van der Waals surface area (Å²) in [5.41, 5.74) is 6.85. The molecule has 0 bridgehead atoms. The van der Waals surface area contributed by atoms with Crippen molar-refractivity contribution in [2.24, 2.45) is 11.7 Å². The minimum absolute atomic E-state index is 0.154. The zero-order valence-corrected chi connectivity index (χ0v) is 11.1. The third kappa shape index (κ3) is 2.64. The molecule has 1 aromatic carbocycles. The highest BCUT2D eigenvalue weighted by molar-refractivity contribution is 9.10. The Bertz CT molecular complexity index is 394. The van der Waals surface area contributed by atoms with E-state index in [9.17, 15) is 4.39 Å². The maximum absolute atomic E-state index is 13.7. The summed E-state index contributed by atoms with van der Waals surface area (Å²) in [4.78, 5) is 0. The molecule has 0 heterocycles. The molecule has 0 radical (unpaired) electrons. The van der Waals surface area contributed by atoms with Crippen molar-refractivity contribution in [1.82, 2.24) is 0 Å². The monoisotopic (exact) mass is 285 g/mol. The van der Waals surface area contributed by atoms with E-state index in [1.54, 1.807) is 0 Å². The summed E-state index contributed by atoms with van der Waals surface area (Å²) in [6.45, 7) is 2.21. The van der Waals surface area contributed by atoms with Gasteiger partial charge in [-0.25, -0.2) is 4.39 Å². The van der Waals surface area contributed by atoms with Crippen LogP contribution in [0.2, 0.25) is 0 Å². The van der Waals surface area contributed by atoms with Gasteiger partial charge in [-0.1, -0.05) is 28.9 Å². The molecule has 2 unspecified atom stereocenters. The Hall–Kier alpha value is -0.410. The van der Waals surface area contributed by atoms with Gasteiger partial charge in [-0.3, -0.25) is 0 Å². The topological polar surface area (TPSA) is 26.0 Å². The van der Waals surface area contributed by atoms with Gasteiger partial charge in [0.2, 0.25) is 0 Å². The summed E-state index contributed by atoms with van der Waals surface area (Å²) in [5.74, 6) is 0.516. The molecule has 1 aliphatic carbocycles. The lowest BCUT2D eigenvalue weighted by atomic mass is 9.89.